The number of nitrogens with one attached hydrogen (secondary N) is 1. The number of hydrogen-bond acceptors (Lipinski definition) is 3. The van der Waals surface area contributed by atoms with Crippen molar-refractivity contribution in [3.63, 3.8) is 0 Å². The van der Waals surface area contributed by atoms with Gasteiger partial charge in [-0.15, -0.1) is 0 Å². The Kier molecular flexibility index (Phi) is 4.04. The number of rotatable bonds is 3. The normalized spacial score (nSPS) is 23.9. The third-order valence-electron chi connectivity index (χ3n) is 2.87. The van der Waals surface area contributed by atoms with Crippen LogP contribution >= 0.6 is 0 Å². The van der Waals surface area contributed by atoms with Gasteiger partial charge in [0.15, 0.2) is 5.78 Å². The molecule has 98 valence electrons. The van der Waals surface area contributed by atoms with E-state index in [1.165, 1.54) is 0 Å². The van der Waals surface area contributed by atoms with E-state index < -0.39 is 17.4 Å². The Labute approximate surface area is 104 Å². The number of morpholine rings is 1. The number of hydrogen-bond donors (Lipinski definition) is 1. The molecule has 0 spiro atoms. The number of benzene rings is 1. The second kappa shape index (κ2) is 5.54. The maximum absolute atomic E-state index is 13.4. The van der Waals surface area contributed by atoms with Gasteiger partial charge in [-0.05, 0) is 25.1 Å². The van der Waals surface area contributed by atoms with Crippen molar-refractivity contribution >= 4 is 5.78 Å². The molecule has 2 rings (SSSR count). The number of carbonyl (C=O) groups excluding carboxylic acids is 1. The molecule has 1 aromatic carbocycles. The first-order valence-corrected chi connectivity index (χ1v) is 5.88. The summed E-state index contributed by atoms with van der Waals surface area (Å²) < 4.78 is 31.7. The Morgan fingerprint density at radius 1 is 1.44 bits per heavy atom. The molecule has 0 saturated carbocycles. The van der Waals surface area contributed by atoms with Gasteiger partial charge in [-0.2, -0.15) is 0 Å². The summed E-state index contributed by atoms with van der Waals surface area (Å²) in [5.41, 5.74) is -0.199. The summed E-state index contributed by atoms with van der Waals surface area (Å²) in [6.45, 7) is 2.95. The van der Waals surface area contributed by atoms with Crippen LogP contribution in [0.2, 0.25) is 0 Å². The van der Waals surface area contributed by atoms with Crippen LogP contribution in [0.5, 0.6) is 0 Å². The molecule has 1 aliphatic rings. The molecule has 1 aromatic rings. The molecule has 0 radical (unpaired) electrons. The van der Waals surface area contributed by atoms with Crippen LogP contribution in [-0.4, -0.2) is 31.1 Å². The summed E-state index contributed by atoms with van der Waals surface area (Å²) in [5, 5.41) is 3.19. The predicted molar refractivity (Wildman–Crippen MR) is 62.5 cm³/mol. The summed E-state index contributed by atoms with van der Waals surface area (Å²) in [4.78, 5) is 11.9. The molecule has 2 atom stereocenters. The van der Waals surface area contributed by atoms with E-state index in [1.807, 2.05) is 6.92 Å². The highest BCUT2D eigenvalue weighted by Gasteiger charge is 2.23. The number of halogens is 2. The molecule has 1 saturated heterocycles. The van der Waals surface area contributed by atoms with Gasteiger partial charge < -0.3 is 10.1 Å². The highest BCUT2D eigenvalue weighted by molar-refractivity contribution is 5.96. The SMILES string of the molecule is CC1COCC(CC(=O)c2cc(F)ccc2F)N1. The van der Waals surface area contributed by atoms with Gasteiger partial charge >= 0.3 is 0 Å². The molecule has 0 bridgehead atoms. The van der Waals surface area contributed by atoms with E-state index in [1.54, 1.807) is 0 Å². The average Bonchev–Trinajstić information content (AvgIpc) is 2.32. The summed E-state index contributed by atoms with van der Waals surface area (Å²) in [6, 6.07) is 2.91. The van der Waals surface area contributed by atoms with Crippen molar-refractivity contribution in [2.45, 2.75) is 25.4 Å². The van der Waals surface area contributed by atoms with Gasteiger partial charge in [0.1, 0.15) is 11.6 Å². The molecule has 0 aromatic heterocycles. The van der Waals surface area contributed by atoms with Crippen LogP contribution in [0, 0.1) is 11.6 Å². The smallest absolute Gasteiger partial charge is 0.167 e. The molecule has 3 nitrogen and oxygen atoms in total. The average molecular weight is 255 g/mol. The summed E-state index contributed by atoms with van der Waals surface area (Å²) in [7, 11) is 0. The van der Waals surface area contributed by atoms with Crippen molar-refractivity contribution < 1.29 is 18.3 Å². The van der Waals surface area contributed by atoms with E-state index in [0.29, 0.717) is 13.2 Å². The fraction of sp³-hybridized carbons (Fsp3) is 0.462. The van der Waals surface area contributed by atoms with E-state index in [0.717, 1.165) is 18.2 Å². The second-order valence-corrected chi connectivity index (χ2v) is 4.55. The highest BCUT2D eigenvalue weighted by Crippen LogP contribution is 2.14. The Morgan fingerprint density at radius 2 is 2.22 bits per heavy atom. The van der Waals surface area contributed by atoms with Gasteiger partial charge in [-0.25, -0.2) is 8.78 Å². The number of carbonyl (C=O) groups is 1. The van der Waals surface area contributed by atoms with Crippen LogP contribution in [0.4, 0.5) is 8.78 Å². The fourth-order valence-electron chi connectivity index (χ4n) is 2.05. The van der Waals surface area contributed by atoms with Gasteiger partial charge in [0.2, 0.25) is 0 Å². The Bertz CT molecular complexity index is 451. The van der Waals surface area contributed by atoms with Crippen molar-refractivity contribution in [1.29, 1.82) is 0 Å². The van der Waals surface area contributed by atoms with Gasteiger partial charge in [-0.3, -0.25) is 4.79 Å². The summed E-state index contributed by atoms with van der Waals surface area (Å²) >= 11 is 0. The minimum Gasteiger partial charge on any atom is -0.378 e. The van der Waals surface area contributed by atoms with Gasteiger partial charge in [-0.1, -0.05) is 0 Å². The lowest BCUT2D eigenvalue weighted by Gasteiger charge is -2.28. The lowest BCUT2D eigenvalue weighted by atomic mass is 10.0. The molecular weight excluding hydrogens is 240 g/mol. The number of ketones is 1. The molecule has 1 aliphatic heterocycles. The third-order valence-corrected chi connectivity index (χ3v) is 2.87. The zero-order valence-electron chi connectivity index (χ0n) is 10.1. The van der Waals surface area contributed by atoms with Crippen LogP contribution in [-0.2, 0) is 4.74 Å². The van der Waals surface area contributed by atoms with Crippen molar-refractivity contribution in [2.75, 3.05) is 13.2 Å². The molecule has 1 N–H and O–H groups in total. The number of Topliss-reactive ketones (excluding diaryl/α,β-unsaturated/α-hetero) is 1. The summed E-state index contributed by atoms with van der Waals surface area (Å²) in [6.07, 6.45) is 0.102. The fourth-order valence-corrected chi connectivity index (χ4v) is 2.05. The minimum absolute atomic E-state index is 0.102. The van der Waals surface area contributed by atoms with Crippen molar-refractivity contribution in [1.82, 2.24) is 5.32 Å². The van der Waals surface area contributed by atoms with E-state index in [4.69, 9.17) is 4.74 Å². The molecule has 2 unspecified atom stereocenters. The molecule has 0 amide bonds. The monoisotopic (exact) mass is 255 g/mol. The van der Waals surface area contributed by atoms with Crippen LogP contribution in [0.15, 0.2) is 18.2 Å². The van der Waals surface area contributed by atoms with Gasteiger partial charge in [0.25, 0.3) is 0 Å². The number of ether oxygens (including phenoxy) is 1. The highest BCUT2D eigenvalue weighted by atomic mass is 19.1. The zero-order chi connectivity index (χ0) is 13.1. The van der Waals surface area contributed by atoms with Gasteiger partial charge in [0, 0.05) is 18.5 Å². The first kappa shape index (κ1) is 13.1. The largest absolute Gasteiger partial charge is 0.378 e. The Hall–Kier alpha value is -1.33. The molecule has 18 heavy (non-hydrogen) atoms. The molecule has 1 heterocycles. The lowest BCUT2D eigenvalue weighted by molar-refractivity contribution is 0.0463. The van der Waals surface area contributed by atoms with Crippen molar-refractivity contribution in [3.8, 4) is 0 Å². The lowest BCUT2D eigenvalue weighted by Crippen LogP contribution is -2.48. The van der Waals surface area contributed by atoms with Crippen LogP contribution in [0.25, 0.3) is 0 Å². The first-order valence-electron chi connectivity index (χ1n) is 5.88. The standard InChI is InChI=1S/C13H15F2NO2/c1-8-6-18-7-10(16-8)5-13(17)11-4-9(14)2-3-12(11)15/h2-4,8,10,16H,5-7H2,1H3. The van der Waals surface area contributed by atoms with Crippen molar-refractivity contribution in [2.24, 2.45) is 0 Å². The molecule has 5 heteroatoms. The third kappa shape index (κ3) is 3.11. The Morgan fingerprint density at radius 3 is 2.94 bits per heavy atom. The predicted octanol–water partition coefficient (Wildman–Crippen LogP) is 1.91. The van der Waals surface area contributed by atoms with E-state index in [-0.39, 0.29) is 24.1 Å². The van der Waals surface area contributed by atoms with Crippen molar-refractivity contribution in [3.05, 3.63) is 35.4 Å². The van der Waals surface area contributed by atoms with Gasteiger partial charge in [0.05, 0.1) is 18.8 Å². The second-order valence-electron chi connectivity index (χ2n) is 4.55. The van der Waals surface area contributed by atoms with Crippen LogP contribution in [0.1, 0.15) is 23.7 Å². The van der Waals surface area contributed by atoms with Crippen LogP contribution < -0.4 is 5.32 Å². The molecule has 1 fully saturated rings. The molecular formula is C13H15F2NO2. The maximum Gasteiger partial charge on any atom is 0.167 e. The van der Waals surface area contributed by atoms with E-state index in [9.17, 15) is 13.6 Å². The first-order chi connectivity index (χ1) is 8.56. The zero-order valence-corrected chi connectivity index (χ0v) is 10.1. The topological polar surface area (TPSA) is 38.3 Å². The molecule has 0 aliphatic carbocycles. The maximum atomic E-state index is 13.4. The minimum atomic E-state index is -0.689. The van der Waals surface area contributed by atoms with Crippen LogP contribution in [0.3, 0.4) is 0 Å². The van der Waals surface area contributed by atoms with E-state index in [2.05, 4.69) is 5.32 Å². The Balaban J connectivity index is 2.05. The summed E-state index contributed by atoms with van der Waals surface area (Å²) in [5.74, 6) is -1.71. The quantitative estimate of drug-likeness (QED) is 0.838. The van der Waals surface area contributed by atoms with E-state index >= 15 is 0 Å².